The molecule has 0 saturated heterocycles. The van der Waals surface area contributed by atoms with E-state index in [1.165, 1.54) is 31.3 Å². The van der Waals surface area contributed by atoms with Crippen molar-refractivity contribution in [1.29, 1.82) is 0 Å². The number of rotatable bonds is 3. The van der Waals surface area contributed by atoms with Gasteiger partial charge in [0.1, 0.15) is 17.3 Å². The quantitative estimate of drug-likeness (QED) is 0.843. The molecule has 0 heterocycles. The van der Waals surface area contributed by atoms with Crippen LogP contribution in [0.15, 0.2) is 40.9 Å². The zero-order chi connectivity index (χ0) is 14.7. The fraction of sp³-hybridized carbons (Fsp3) is 0.0714. The summed E-state index contributed by atoms with van der Waals surface area (Å²) in [5.74, 6) is -0.225. The molecule has 4 nitrogen and oxygen atoms in total. The zero-order valence-electron chi connectivity index (χ0n) is 10.6. The Morgan fingerprint density at radius 2 is 2.00 bits per heavy atom. The Morgan fingerprint density at radius 1 is 1.25 bits per heavy atom. The summed E-state index contributed by atoms with van der Waals surface area (Å²) in [6, 6.07) is 8.71. The Balaban J connectivity index is 2.44. The summed E-state index contributed by atoms with van der Waals surface area (Å²) < 4.78 is 19.4. The van der Waals surface area contributed by atoms with Gasteiger partial charge in [-0.1, -0.05) is 0 Å². The van der Waals surface area contributed by atoms with Crippen LogP contribution in [0.3, 0.4) is 0 Å². The van der Waals surface area contributed by atoms with Gasteiger partial charge in [0.05, 0.1) is 10.0 Å². The SMILES string of the molecule is CNC(=O)c1ccc(N)cc1Oc1cc(F)ccc1Br. The lowest BCUT2D eigenvalue weighted by molar-refractivity contribution is 0.0961. The van der Waals surface area contributed by atoms with E-state index in [1.54, 1.807) is 12.1 Å². The number of ether oxygens (including phenoxy) is 1. The molecule has 0 bridgehead atoms. The summed E-state index contributed by atoms with van der Waals surface area (Å²) in [6.45, 7) is 0. The Morgan fingerprint density at radius 3 is 2.70 bits per heavy atom. The van der Waals surface area contributed by atoms with Crippen molar-refractivity contribution in [2.45, 2.75) is 0 Å². The Bertz CT molecular complexity index is 662. The second-order valence-corrected chi connectivity index (χ2v) is 4.87. The number of carbonyl (C=O) groups is 1. The van der Waals surface area contributed by atoms with E-state index in [9.17, 15) is 9.18 Å². The Hall–Kier alpha value is -2.08. The highest BCUT2D eigenvalue weighted by Crippen LogP contribution is 2.33. The molecule has 1 amide bonds. The monoisotopic (exact) mass is 338 g/mol. The van der Waals surface area contributed by atoms with Crippen LogP contribution >= 0.6 is 15.9 Å². The summed E-state index contributed by atoms with van der Waals surface area (Å²) in [4.78, 5) is 11.8. The van der Waals surface area contributed by atoms with E-state index < -0.39 is 5.82 Å². The molecular formula is C14H12BrFN2O2. The van der Waals surface area contributed by atoms with E-state index in [4.69, 9.17) is 10.5 Å². The van der Waals surface area contributed by atoms with Crippen molar-refractivity contribution in [2.75, 3.05) is 12.8 Å². The van der Waals surface area contributed by atoms with Crippen molar-refractivity contribution in [1.82, 2.24) is 5.32 Å². The molecule has 3 N–H and O–H groups in total. The highest BCUT2D eigenvalue weighted by Gasteiger charge is 2.14. The van der Waals surface area contributed by atoms with Crippen molar-refractivity contribution < 1.29 is 13.9 Å². The molecule has 0 atom stereocenters. The van der Waals surface area contributed by atoms with Crippen LogP contribution in [0.4, 0.5) is 10.1 Å². The standard InChI is InChI=1S/C14H12BrFN2O2/c1-18-14(19)10-4-3-9(17)7-12(10)20-13-6-8(16)2-5-11(13)15/h2-7H,17H2,1H3,(H,18,19). The van der Waals surface area contributed by atoms with Gasteiger partial charge in [-0.05, 0) is 40.2 Å². The third-order valence-corrected chi connectivity index (χ3v) is 3.25. The number of hydrogen-bond acceptors (Lipinski definition) is 3. The molecule has 20 heavy (non-hydrogen) atoms. The normalized spacial score (nSPS) is 10.2. The van der Waals surface area contributed by atoms with Gasteiger partial charge in [0.2, 0.25) is 0 Å². The van der Waals surface area contributed by atoms with E-state index >= 15 is 0 Å². The minimum atomic E-state index is -0.436. The Labute approximate surface area is 123 Å². The molecule has 6 heteroatoms. The smallest absolute Gasteiger partial charge is 0.254 e. The van der Waals surface area contributed by atoms with Crippen molar-refractivity contribution in [2.24, 2.45) is 0 Å². The van der Waals surface area contributed by atoms with Crippen LogP contribution in [0.5, 0.6) is 11.5 Å². The summed E-state index contributed by atoms with van der Waals surface area (Å²) in [6.07, 6.45) is 0. The van der Waals surface area contributed by atoms with Gasteiger partial charge >= 0.3 is 0 Å². The summed E-state index contributed by atoms with van der Waals surface area (Å²) in [7, 11) is 1.51. The molecule has 0 aliphatic rings. The maximum atomic E-state index is 13.2. The first-order valence-corrected chi connectivity index (χ1v) is 6.55. The molecule has 0 aliphatic heterocycles. The molecule has 0 fully saturated rings. The predicted molar refractivity (Wildman–Crippen MR) is 78.4 cm³/mol. The second-order valence-electron chi connectivity index (χ2n) is 4.01. The van der Waals surface area contributed by atoms with Gasteiger partial charge in [0.25, 0.3) is 5.91 Å². The van der Waals surface area contributed by atoms with Gasteiger partial charge in [0, 0.05) is 24.9 Å². The fourth-order valence-electron chi connectivity index (χ4n) is 1.62. The third-order valence-electron chi connectivity index (χ3n) is 2.59. The molecule has 0 aromatic heterocycles. The average molecular weight is 339 g/mol. The molecule has 0 radical (unpaired) electrons. The van der Waals surface area contributed by atoms with Crippen molar-refractivity contribution >= 4 is 27.5 Å². The molecule has 2 aromatic rings. The van der Waals surface area contributed by atoms with E-state index in [2.05, 4.69) is 21.2 Å². The summed E-state index contributed by atoms with van der Waals surface area (Å²) >= 11 is 3.26. The van der Waals surface area contributed by atoms with Crippen LogP contribution in [-0.4, -0.2) is 13.0 Å². The summed E-state index contributed by atoms with van der Waals surface area (Å²) in [5, 5.41) is 2.51. The predicted octanol–water partition coefficient (Wildman–Crippen LogP) is 3.32. The van der Waals surface area contributed by atoms with Gasteiger partial charge in [-0.3, -0.25) is 4.79 Å². The van der Waals surface area contributed by atoms with Crippen LogP contribution in [0.1, 0.15) is 10.4 Å². The highest BCUT2D eigenvalue weighted by molar-refractivity contribution is 9.10. The van der Waals surface area contributed by atoms with Gasteiger partial charge in [-0.15, -0.1) is 0 Å². The summed E-state index contributed by atoms with van der Waals surface area (Å²) in [5.41, 5.74) is 6.46. The van der Waals surface area contributed by atoms with Crippen molar-refractivity contribution in [3.05, 3.63) is 52.3 Å². The van der Waals surface area contributed by atoms with Crippen molar-refractivity contribution in [3.8, 4) is 11.5 Å². The topological polar surface area (TPSA) is 64.4 Å². The number of halogens is 2. The molecule has 0 aliphatic carbocycles. The first-order valence-electron chi connectivity index (χ1n) is 5.76. The molecule has 0 spiro atoms. The number of nitrogen functional groups attached to an aromatic ring is 1. The first-order chi connectivity index (χ1) is 9.51. The number of nitrogens with two attached hydrogens (primary N) is 1. The average Bonchev–Trinajstić information content (AvgIpc) is 2.42. The largest absolute Gasteiger partial charge is 0.455 e. The van der Waals surface area contributed by atoms with Crippen LogP contribution < -0.4 is 15.8 Å². The molecular weight excluding hydrogens is 327 g/mol. The number of carbonyl (C=O) groups excluding carboxylic acids is 1. The van der Waals surface area contributed by atoms with E-state index in [0.717, 1.165) is 0 Å². The van der Waals surface area contributed by atoms with E-state index in [0.29, 0.717) is 15.7 Å². The lowest BCUT2D eigenvalue weighted by atomic mass is 10.1. The highest BCUT2D eigenvalue weighted by atomic mass is 79.9. The Kier molecular flexibility index (Phi) is 4.24. The lowest BCUT2D eigenvalue weighted by Gasteiger charge is -2.12. The minimum Gasteiger partial charge on any atom is -0.455 e. The molecule has 2 aromatic carbocycles. The lowest BCUT2D eigenvalue weighted by Crippen LogP contribution is -2.18. The molecule has 0 saturated carbocycles. The zero-order valence-corrected chi connectivity index (χ0v) is 12.2. The van der Waals surface area contributed by atoms with Gasteiger partial charge in [-0.25, -0.2) is 4.39 Å². The van der Waals surface area contributed by atoms with E-state index in [1.807, 2.05) is 0 Å². The third kappa shape index (κ3) is 3.08. The van der Waals surface area contributed by atoms with Gasteiger partial charge in [-0.2, -0.15) is 0 Å². The van der Waals surface area contributed by atoms with Crippen LogP contribution in [-0.2, 0) is 0 Å². The number of amides is 1. The maximum Gasteiger partial charge on any atom is 0.254 e. The number of benzene rings is 2. The van der Waals surface area contributed by atoms with Crippen LogP contribution in [0.2, 0.25) is 0 Å². The molecule has 0 unspecified atom stereocenters. The first kappa shape index (κ1) is 14.3. The number of anilines is 1. The van der Waals surface area contributed by atoms with Crippen LogP contribution in [0.25, 0.3) is 0 Å². The van der Waals surface area contributed by atoms with Gasteiger partial charge in [0.15, 0.2) is 0 Å². The van der Waals surface area contributed by atoms with Gasteiger partial charge < -0.3 is 15.8 Å². The maximum absolute atomic E-state index is 13.2. The number of nitrogens with one attached hydrogen (secondary N) is 1. The van der Waals surface area contributed by atoms with Crippen molar-refractivity contribution in [3.63, 3.8) is 0 Å². The minimum absolute atomic E-state index is 0.260. The molecule has 2 rings (SSSR count). The number of hydrogen-bond donors (Lipinski definition) is 2. The van der Waals surface area contributed by atoms with E-state index in [-0.39, 0.29) is 17.4 Å². The second kappa shape index (κ2) is 5.92. The fourth-order valence-corrected chi connectivity index (χ4v) is 1.95. The molecule has 104 valence electrons. The van der Waals surface area contributed by atoms with Crippen LogP contribution in [0, 0.1) is 5.82 Å².